The van der Waals surface area contributed by atoms with Crippen molar-refractivity contribution in [3.05, 3.63) is 23.9 Å². The van der Waals surface area contributed by atoms with Gasteiger partial charge in [-0.05, 0) is 18.6 Å². The maximum Gasteiger partial charge on any atom is 0.153 e. The molecule has 80 valence electrons. The predicted molar refractivity (Wildman–Crippen MR) is 60.2 cm³/mol. The fourth-order valence-corrected chi connectivity index (χ4v) is 2.01. The third-order valence-corrected chi connectivity index (χ3v) is 3.24. The predicted octanol–water partition coefficient (Wildman–Crippen LogP) is 2.13. The molecule has 0 spiro atoms. The number of anilines is 1. The maximum atomic E-state index is 10.8. The Hall–Kier alpha value is -1.38. The molecule has 0 bridgehead atoms. The first-order chi connectivity index (χ1) is 7.18. The first-order valence-corrected chi connectivity index (χ1v) is 5.34. The zero-order valence-corrected chi connectivity index (χ0v) is 9.23. The van der Waals surface area contributed by atoms with Crippen LogP contribution in [0.4, 0.5) is 5.82 Å². The number of aldehydes is 1. The molecule has 0 aromatic carbocycles. The molecule has 15 heavy (non-hydrogen) atoms. The molecule has 3 heteroatoms. The lowest BCUT2D eigenvalue weighted by molar-refractivity contribution is 0.112. The smallest absolute Gasteiger partial charge is 0.153 e. The molecule has 0 N–H and O–H groups in total. The third-order valence-electron chi connectivity index (χ3n) is 3.24. The normalized spacial score (nSPS) is 18.4. The van der Waals surface area contributed by atoms with Gasteiger partial charge in [0.15, 0.2) is 6.29 Å². The van der Waals surface area contributed by atoms with Crippen molar-refractivity contribution < 1.29 is 4.79 Å². The van der Waals surface area contributed by atoms with Gasteiger partial charge in [-0.25, -0.2) is 4.98 Å². The van der Waals surface area contributed by atoms with Crippen LogP contribution in [0.25, 0.3) is 0 Å². The lowest BCUT2D eigenvalue weighted by Crippen LogP contribution is -2.55. The highest BCUT2D eigenvalue weighted by atomic mass is 16.1. The minimum atomic E-state index is 0.400. The van der Waals surface area contributed by atoms with Crippen molar-refractivity contribution in [1.82, 2.24) is 4.98 Å². The summed E-state index contributed by atoms with van der Waals surface area (Å²) in [7, 11) is 0. The number of pyridine rings is 1. The highest BCUT2D eigenvalue weighted by molar-refractivity contribution is 5.83. The summed E-state index contributed by atoms with van der Waals surface area (Å²) < 4.78 is 0. The van der Waals surface area contributed by atoms with E-state index >= 15 is 0 Å². The number of carbonyl (C=O) groups is 1. The minimum absolute atomic E-state index is 0.400. The van der Waals surface area contributed by atoms with E-state index in [9.17, 15) is 4.79 Å². The number of carbonyl (C=O) groups excluding carboxylic acids is 1. The Morgan fingerprint density at radius 1 is 1.60 bits per heavy atom. The maximum absolute atomic E-state index is 10.8. The Morgan fingerprint density at radius 2 is 2.33 bits per heavy atom. The van der Waals surface area contributed by atoms with E-state index in [0.29, 0.717) is 11.0 Å². The molecule has 1 aliphatic rings. The van der Waals surface area contributed by atoms with Crippen molar-refractivity contribution >= 4 is 12.1 Å². The zero-order chi connectivity index (χ0) is 10.9. The molecular formula is C12H16N2O. The van der Waals surface area contributed by atoms with Crippen molar-refractivity contribution in [3.63, 3.8) is 0 Å². The molecule has 1 aromatic rings. The molecule has 0 saturated carbocycles. The molecule has 1 aliphatic heterocycles. The Balaban J connectivity index is 2.16. The van der Waals surface area contributed by atoms with Crippen LogP contribution in [0.5, 0.6) is 0 Å². The number of hydrogen-bond donors (Lipinski definition) is 0. The Morgan fingerprint density at radius 3 is 2.93 bits per heavy atom. The van der Waals surface area contributed by atoms with Crippen LogP contribution in [0.2, 0.25) is 0 Å². The topological polar surface area (TPSA) is 33.2 Å². The van der Waals surface area contributed by atoms with Gasteiger partial charge in [-0.3, -0.25) is 4.79 Å². The van der Waals surface area contributed by atoms with Crippen LogP contribution >= 0.6 is 0 Å². The van der Waals surface area contributed by atoms with Crippen LogP contribution in [0.1, 0.15) is 30.6 Å². The van der Waals surface area contributed by atoms with Gasteiger partial charge in [0.2, 0.25) is 0 Å². The van der Waals surface area contributed by atoms with Gasteiger partial charge in [0.25, 0.3) is 0 Å². The van der Waals surface area contributed by atoms with Crippen LogP contribution in [-0.2, 0) is 0 Å². The molecule has 0 unspecified atom stereocenters. The zero-order valence-electron chi connectivity index (χ0n) is 9.23. The standard InChI is InChI=1S/C12H16N2O/c1-3-12(2)8-14(9-12)11-10(7-15)5-4-6-13-11/h4-7H,3,8-9H2,1-2H3. The van der Waals surface area contributed by atoms with E-state index in [1.807, 2.05) is 6.07 Å². The highest BCUT2D eigenvalue weighted by Crippen LogP contribution is 2.36. The molecule has 2 rings (SSSR count). The first-order valence-electron chi connectivity index (χ1n) is 5.34. The van der Waals surface area contributed by atoms with E-state index in [1.165, 1.54) is 6.42 Å². The quantitative estimate of drug-likeness (QED) is 0.707. The molecular weight excluding hydrogens is 188 g/mol. The SMILES string of the molecule is CCC1(C)CN(c2ncccc2C=O)C1. The van der Waals surface area contributed by atoms with E-state index in [1.54, 1.807) is 12.3 Å². The summed E-state index contributed by atoms with van der Waals surface area (Å²) in [5.41, 5.74) is 1.09. The highest BCUT2D eigenvalue weighted by Gasteiger charge is 2.38. The second-order valence-electron chi connectivity index (χ2n) is 4.55. The molecule has 1 saturated heterocycles. The van der Waals surface area contributed by atoms with Crippen LogP contribution in [0, 0.1) is 5.41 Å². The van der Waals surface area contributed by atoms with Crippen molar-refractivity contribution in [2.45, 2.75) is 20.3 Å². The van der Waals surface area contributed by atoms with Gasteiger partial charge in [-0.15, -0.1) is 0 Å². The summed E-state index contributed by atoms with van der Waals surface area (Å²) in [4.78, 5) is 17.3. The summed E-state index contributed by atoms with van der Waals surface area (Å²) >= 11 is 0. The van der Waals surface area contributed by atoms with Crippen molar-refractivity contribution in [2.24, 2.45) is 5.41 Å². The average Bonchev–Trinajstić information content (AvgIpc) is 2.25. The molecule has 1 fully saturated rings. The Labute approximate surface area is 90.1 Å². The minimum Gasteiger partial charge on any atom is -0.355 e. The monoisotopic (exact) mass is 204 g/mol. The molecule has 0 aliphatic carbocycles. The summed E-state index contributed by atoms with van der Waals surface area (Å²) in [6.45, 7) is 6.48. The van der Waals surface area contributed by atoms with Crippen LogP contribution in [0.15, 0.2) is 18.3 Å². The molecule has 0 amide bonds. The second kappa shape index (κ2) is 3.65. The van der Waals surface area contributed by atoms with E-state index in [2.05, 4.69) is 23.7 Å². The van der Waals surface area contributed by atoms with Gasteiger partial charge >= 0.3 is 0 Å². The summed E-state index contributed by atoms with van der Waals surface area (Å²) in [6, 6.07) is 3.61. The van der Waals surface area contributed by atoms with E-state index in [-0.39, 0.29) is 0 Å². The van der Waals surface area contributed by atoms with Gasteiger partial charge < -0.3 is 4.90 Å². The average molecular weight is 204 g/mol. The van der Waals surface area contributed by atoms with Gasteiger partial charge in [-0.2, -0.15) is 0 Å². The third kappa shape index (κ3) is 1.74. The number of rotatable bonds is 3. The van der Waals surface area contributed by atoms with Crippen LogP contribution in [-0.4, -0.2) is 24.4 Å². The van der Waals surface area contributed by atoms with Gasteiger partial charge in [0.05, 0.1) is 5.56 Å². The van der Waals surface area contributed by atoms with Gasteiger partial charge in [0, 0.05) is 24.7 Å². The first kappa shape index (κ1) is 10.1. The summed E-state index contributed by atoms with van der Waals surface area (Å²) in [6.07, 6.45) is 3.79. The second-order valence-corrected chi connectivity index (χ2v) is 4.55. The van der Waals surface area contributed by atoms with E-state index in [0.717, 1.165) is 25.2 Å². The lowest BCUT2D eigenvalue weighted by atomic mass is 9.79. The van der Waals surface area contributed by atoms with Gasteiger partial charge in [-0.1, -0.05) is 13.8 Å². The summed E-state index contributed by atoms with van der Waals surface area (Å²) in [5, 5.41) is 0. The fraction of sp³-hybridized carbons (Fsp3) is 0.500. The fourth-order valence-electron chi connectivity index (χ4n) is 2.01. The van der Waals surface area contributed by atoms with Gasteiger partial charge in [0.1, 0.15) is 5.82 Å². The van der Waals surface area contributed by atoms with Crippen molar-refractivity contribution in [3.8, 4) is 0 Å². The van der Waals surface area contributed by atoms with E-state index in [4.69, 9.17) is 0 Å². The molecule has 3 nitrogen and oxygen atoms in total. The molecule has 1 aromatic heterocycles. The molecule has 2 heterocycles. The largest absolute Gasteiger partial charge is 0.355 e. The van der Waals surface area contributed by atoms with Crippen LogP contribution in [0.3, 0.4) is 0 Å². The Kier molecular flexibility index (Phi) is 2.47. The molecule has 0 radical (unpaired) electrons. The molecule has 0 atom stereocenters. The Bertz CT molecular complexity index is 370. The summed E-state index contributed by atoms with van der Waals surface area (Å²) in [5.74, 6) is 0.832. The van der Waals surface area contributed by atoms with Crippen molar-refractivity contribution in [1.29, 1.82) is 0 Å². The number of nitrogens with zero attached hydrogens (tertiary/aromatic N) is 2. The van der Waals surface area contributed by atoms with Crippen molar-refractivity contribution in [2.75, 3.05) is 18.0 Å². The lowest BCUT2D eigenvalue weighted by Gasteiger charge is -2.48. The van der Waals surface area contributed by atoms with Crippen LogP contribution < -0.4 is 4.90 Å². The van der Waals surface area contributed by atoms with E-state index < -0.39 is 0 Å². The number of hydrogen-bond acceptors (Lipinski definition) is 3. The number of aromatic nitrogens is 1.